The van der Waals surface area contributed by atoms with Crippen LogP contribution in [0, 0.1) is 0 Å². The monoisotopic (exact) mass is 396 g/mol. The molecule has 8 heteroatoms. The Morgan fingerprint density at radius 1 is 1.15 bits per heavy atom. The van der Waals surface area contributed by atoms with Gasteiger partial charge in [0, 0.05) is 18.1 Å². The average molecular weight is 397 g/mol. The van der Waals surface area contributed by atoms with Gasteiger partial charge in [-0.05, 0) is 42.3 Å². The maximum absolute atomic E-state index is 12.3. The first kappa shape index (κ1) is 20.2. The number of carbonyl (C=O) groups is 1. The quantitative estimate of drug-likeness (QED) is 0.718. The molecule has 2 aromatic carbocycles. The predicted octanol–water partition coefficient (Wildman–Crippen LogP) is 2.62. The summed E-state index contributed by atoms with van der Waals surface area (Å²) in [6.07, 6.45) is 0.566. The molecule has 0 heterocycles. The molecule has 2 rings (SSSR count). The summed E-state index contributed by atoms with van der Waals surface area (Å²) in [5, 5.41) is 3.26. The topological polar surface area (TPSA) is 84.5 Å². The van der Waals surface area contributed by atoms with Crippen LogP contribution in [0.3, 0.4) is 0 Å². The number of halogens is 1. The highest BCUT2D eigenvalue weighted by molar-refractivity contribution is 7.89. The summed E-state index contributed by atoms with van der Waals surface area (Å²) >= 11 is 5.93. The number of methoxy groups -OCH3 is 1. The summed E-state index contributed by atoms with van der Waals surface area (Å²) in [6.45, 7) is 2.46. The van der Waals surface area contributed by atoms with Crippen molar-refractivity contribution in [1.82, 2.24) is 10.0 Å². The Hall–Kier alpha value is -2.09. The molecule has 0 saturated carbocycles. The smallest absolute Gasteiger partial charge is 0.255 e. The highest BCUT2D eigenvalue weighted by Crippen LogP contribution is 2.22. The van der Waals surface area contributed by atoms with E-state index in [0.717, 1.165) is 5.56 Å². The maximum Gasteiger partial charge on any atom is 0.255 e. The second kappa shape index (κ2) is 9.02. The van der Waals surface area contributed by atoms with Crippen molar-refractivity contribution in [3.8, 4) is 5.75 Å². The van der Waals surface area contributed by atoms with Gasteiger partial charge in [0.05, 0.1) is 17.6 Å². The Balaban J connectivity index is 1.96. The largest absolute Gasteiger partial charge is 0.496 e. The molecule has 0 aliphatic rings. The molecule has 140 valence electrons. The Bertz CT molecular complexity index is 867. The molecule has 1 amide bonds. The second-order valence-corrected chi connectivity index (χ2v) is 7.70. The van der Waals surface area contributed by atoms with Crippen molar-refractivity contribution in [3.63, 3.8) is 0 Å². The van der Waals surface area contributed by atoms with Crippen LogP contribution < -0.4 is 14.8 Å². The van der Waals surface area contributed by atoms with Crippen LogP contribution in [0.15, 0.2) is 47.4 Å². The van der Waals surface area contributed by atoms with E-state index in [4.69, 9.17) is 16.3 Å². The maximum atomic E-state index is 12.3. The number of rotatable bonds is 8. The van der Waals surface area contributed by atoms with Crippen LogP contribution in [0.1, 0.15) is 22.8 Å². The lowest BCUT2D eigenvalue weighted by molar-refractivity contribution is 0.0951. The number of hydrogen-bond acceptors (Lipinski definition) is 4. The fourth-order valence-corrected chi connectivity index (χ4v) is 3.60. The van der Waals surface area contributed by atoms with Gasteiger partial charge in [-0.2, -0.15) is 0 Å². The van der Waals surface area contributed by atoms with Gasteiger partial charge < -0.3 is 10.1 Å². The Morgan fingerprint density at radius 3 is 2.46 bits per heavy atom. The number of hydrogen-bond donors (Lipinski definition) is 2. The highest BCUT2D eigenvalue weighted by atomic mass is 35.5. The molecule has 0 fully saturated rings. The summed E-state index contributed by atoms with van der Waals surface area (Å²) in [6, 6.07) is 11.4. The van der Waals surface area contributed by atoms with E-state index in [-0.39, 0.29) is 10.8 Å². The van der Waals surface area contributed by atoms with Crippen molar-refractivity contribution < 1.29 is 17.9 Å². The van der Waals surface area contributed by atoms with Crippen molar-refractivity contribution in [2.24, 2.45) is 0 Å². The fourth-order valence-electron chi connectivity index (χ4n) is 2.38. The lowest BCUT2D eigenvalue weighted by atomic mass is 10.1. The SMILES string of the molecule is CCNS(=O)(=O)c1ccc(CCNC(=O)c2cc(Cl)ccc2OC)cc1. The minimum Gasteiger partial charge on any atom is -0.496 e. The molecule has 0 bridgehead atoms. The first-order valence-corrected chi connectivity index (χ1v) is 9.94. The van der Waals surface area contributed by atoms with E-state index in [1.54, 1.807) is 49.4 Å². The predicted molar refractivity (Wildman–Crippen MR) is 101 cm³/mol. The van der Waals surface area contributed by atoms with Crippen LogP contribution in [0.25, 0.3) is 0 Å². The average Bonchev–Trinajstić information content (AvgIpc) is 2.62. The summed E-state index contributed by atoms with van der Waals surface area (Å²) in [4.78, 5) is 12.5. The molecule has 0 atom stereocenters. The first-order valence-electron chi connectivity index (χ1n) is 8.07. The number of sulfonamides is 1. The highest BCUT2D eigenvalue weighted by Gasteiger charge is 2.13. The van der Waals surface area contributed by atoms with Gasteiger partial charge >= 0.3 is 0 Å². The molecule has 0 aliphatic heterocycles. The zero-order chi connectivity index (χ0) is 19.2. The van der Waals surface area contributed by atoms with Crippen LogP contribution in [0.5, 0.6) is 5.75 Å². The number of ether oxygens (including phenoxy) is 1. The van der Waals surface area contributed by atoms with Crippen molar-refractivity contribution in [1.29, 1.82) is 0 Å². The Labute approximate surface area is 158 Å². The fraction of sp³-hybridized carbons (Fsp3) is 0.278. The third-order valence-corrected chi connectivity index (χ3v) is 5.47. The standard InChI is InChI=1S/C18H21ClN2O4S/c1-3-21-26(23,24)15-7-4-13(5-8-15)10-11-20-18(22)16-12-14(19)6-9-17(16)25-2/h4-9,12,21H,3,10-11H2,1-2H3,(H,20,22). The van der Waals surface area contributed by atoms with E-state index in [1.807, 2.05) is 0 Å². The number of amides is 1. The Morgan fingerprint density at radius 2 is 1.85 bits per heavy atom. The lowest BCUT2D eigenvalue weighted by Gasteiger charge is -2.10. The van der Waals surface area contributed by atoms with Gasteiger partial charge in [-0.15, -0.1) is 0 Å². The van der Waals surface area contributed by atoms with E-state index < -0.39 is 10.0 Å². The van der Waals surface area contributed by atoms with Gasteiger partial charge in [-0.25, -0.2) is 13.1 Å². The van der Waals surface area contributed by atoms with Gasteiger partial charge in [-0.3, -0.25) is 4.79 Å². The molecule has 0 aliphatic carbocycles. The normalized spacial score (nSPS) is 11.2. The molecule has 6 nitrogen and oxygen atoms in total. The zero-order valence-corrected chi connectivity index (χ0v) is 16.2. The minimum absolute atomic E-state index is 0.218. The number of carbonyl (C=O) groups excluding carboxylic acids is 1. The Kier molecular flexibility index (Phi) is 7.02. The molecule has 0 aromatic heterocycles. The third kappa shape index (κ3) is 5.20. The molecule has 0 unspecified atom stereocenters. The van der Waals surface area contributed by atoms with Crippen LogP contribution in [0.4, 0.5) is 0 Å². The minimum atomic E-state index is -3.45. The first-order chi connectivity index (χ1) is 12.4. The molecule has 26 heavy (non-hydrogen) atoms. The van der Waals surface area contributed by atoms with Crippen molar-refractivity contribution in [2.75, 3.05) is 20.2 Å². The van der Waals surface area contributed by atoms with Crippen LogP contribution in [-0.4, -0.2) is 34.5 Å². The van der Waals surface area contributed by atoms with Gasteiger partial charge in [0.25, 0.3) is 5.91 Å². The molecule has 2 aromatic rings. The van der Waals surface area contributed by atoms with Gasteiger partial charge in [-0.1, -0.05) is 30.7 Å². The molecule has 0 spiro atoms. The van der Waals surface area contributed by atoms with E-state index in [9.17, 15) is 13.2 Å². The second-order valence-electron chi connectivity index (χ2n) is 5.50. The van der Waals surface area contributed by atoms with Gasteiger partial charge in [0.2, 0.25) is 10.0 Å². The third-order valence-electron chi connectivity index (χ3n) is 3.67. The van der Waals surface area contributed by atoms with Crippen LogP contribution >= 0.6 is 11.6 Å². The van der Waals surface area contributed by atoms with Crippen molar-refractivity contribution in [2.45, 2.75) is 18.2 Å². The summed E-state index contributed by atoms with van der Waals surface area (Å²) in [7, 11) is -1.97. The molecule has 0 saturated heterocycles. The van der Waals surface area contributed by atoms with Crippen LogP contribution in [0.2, 0.25) is 5.02 Å². The van der Waals surface area contributed by atoms with E-state index in [1.165, 1.54) is 7.11 Å². The van der Waals surface area contributed by atoms with Gasteiger partial charge in [0.1, 0.15) is 5.75 Å². The van der Waals surface area contributed by atoms with Crippen molar-refractivity contribution in [3.05, 3.63) is 58.6 Å². The molecule has 2 N–H and O–H groups in total. The van der Waals surface area contributed by atoms with Crippen LogP contribution in [-0.2, 0) is 16.4 Å². The zero-order valence-electron chi connectivity index (χ0n) is 14.6. The van der Waals surface area contributed by atoms with Gasteiger partial charge in [0.15, 0.2) is 0 Å². The number of nitrogens with one attached hydrogen (secondary N) is 2. The van der Waals surface area contributed by atoms with Crippen molar-refractivity contribution >= 4 is 27.5 Å². The molecular formula is C18H21ClN2O4S. The lowest BCUT2D eigenvalue weighted by Crippen LogP contribution is -2.26. The van der Waals surface area contributed by atoms with E-state index in [2.05, 4.69) is 10.0 Å². The summed E-state index contributed by atoms with van der Waals surface area (Å²) in [5.74, 6) is 0.167. The summed E-state index contributed by atoms with van der Waals surface area (Å²) in [5.41, 5.74) is 1.28. The van der Waals surface area contributed by atoms with E-state index >= 15 is 0 Å². The number of benzene rings is 2. The van der Waals surface area contributed by atoms with E-state index in [0.29, 0.717) is 35.8 Å². The molecular weight excluding hydrogens is 376 g/mol. The molecule has 0 radical (unpaired) electrons. The summed E-state index contributed by atoms with van der Waals surface area (Å²) < 4.78 is 31.4.